The zero-order valence-electron chi connectivity index (χ0n) is 11.9. The third-order valence-electron chi connectivity index (χ3n) is 3.85. The Labute approximate surface area is 129 Å². The summed E-state index contributed by atoms with van der Waals surface area (Å²) >= 11 is 5.94. The Morgan fingerprint density at radius 1 is 1.43 bits per heavy atom. The summed E-state index contributed by atoms with van der Waals surface area (Å²) in [6, 6.07) is 2.79. The largest absolute Gasteiger partial charge is 0.352 e. The van der Waals surface area contributed by atoms with Crippen LogP contribution in [0.25, 0.3) is 0 Å². The van der Waals surface area contributed by atoms with E-state index in [1.165, 1.54) is 25.3 Å². The molecule has 0 aliphatic heterocycles. The molecule has 1 aromatic carbocycles. The molecule has 1 fully saturated rings. The van der Waals surface area contributed by atoms with Crippen molar-refractivity contribution < 1.29 is 13.2 Å². The average Bonchev–Trinajstić information content (AvgIpc) is 2.33. The SMILES string of the molecule is Cc1cc(C(=O)NCCC2CCC2)cc(S(N)(=O)=O)c1Cl. The van der Waals surface area contributed by atoms with E-state index in [0.717, 1.165) is 6.42 Å². The summed E-state index contributed by atoms with van der Waals surface area (Å²) in [4.78, 5) is 11.9. The fourth-order valence-electron chi connectivity index (χ4n) is 2.35. The molecule has 1 amide bonds. The highest BCUT2D eigenvalue weighted by Crippen LogP contribution is 2.29. The molecule has 3 N–H and O–H groups in total. The second kappa shape index (κ2) is 6.34. The van der Waals surface area contributed by atoms with Crippen LogP contribution in [0.4, 0.5) is 0 Å². The molecule has 7 heteroatoms. The topological polar surface area (TPSA) is 89.3 Å². The summed E-state index contributed by atoms with van der Waals surface area (Å²) in [6.07, 6.45) is 4.68. The fourth-order valence-corrected chi connectivity index (χ4v) is 3.48. The molecule has 0 unspecified atom stereocenters. The third-order valence-corrected chi connectivity index (χ3v) is 5.40. The van der Waals surface area contributed by atoms with Crippen molar-refractivity contribution in [3.05, 3.63) is 28.3 Å². The van der Waals surface area contributed by atoms with Crippen LogP contribution in [-0.4, -0.2) is 20.9 Å². The number of rotatable bonds is 5. The third kappa shape index (κ3) is 3.96. The Balaban J connectivity index is 2.11. The van der Waals surface area contributed by atoms with Gasteiger partial charge in [-0.25, -0.2) is 13.6 Å². The second-order valence-corrected chi connectivity index (χ2v) is 7.40. The summed E-state index contributed by atoms with van der Waals surface area (Å²) in [6.45, 7) is 2.23. The molecule has 1 saturated carbocycles. The van der Waals surface area contributed by atoms with Crippen LogP contribution in [0, 0.1) is 12.8 Å². The number of hydrogen-bond acceptors (Lipinski definition) is 3. The molecule has 0 heterocycles. The molecule has 0 atom stereocenters. The van der Waals surface area contributed by atoms with Crippen LogP contribution in [0.15, 0.2) is 17.0 Å². The molecule has 0 radical (unpaired) electrons. The summed E-state index contributed by atoms with van der Waals surface area (Å²) in [7, 11) is -3.95. The van der Waals surface area contributed by atoms with Crippen molar-refractivity contribution in [1.29, 1.82) is 0 Å². The van der Waals surface area contributed by atoms with Gasteiger partial charge in [0.1, 0.15) is 4.90 Å². The van der Waals surface area contributed by atoms with Crippen molar-refractivity contribution >= 4 is 27.5 Å². The number of carbonyl (C=O) groups is 1. The van der Waals surface area contributed by atoms with E-state index >= 15 is 0 Å². The standard InChI is InChI=1S/C14H19ClN2O3S/c1-9-7-11(8-12(13(9)15)21(16,19)20)14(18)17-6-5-10-3-2-4-10/h7-8,10H,2-6H2,1H3,(H,17,18)(H2,16,19,20). The van der Waals surface area contributed by atoms with Gasteiger partial charge < -0.3 is 5.32 Å². The molecule has 21 heavy (non-hydrogen) atoms. The normalized spacial score (nSPS) is 15.6. The molecule has 1 aliphatic rings. The highest BCUT2D eigenvalue weighted by molar-refractivity contribution is 7.89. The van der Waals surface area contributed by atoms with Gasteiger partial charge in [0.2, 0.25) is 10.0 Å². The van der Waals surface area contributed by atoms with Crippen molar-refractivity contribution in [2.24, 2.45) is 11.1 Å². The van der Waals surface area contributed by atoms with Gasteiger partial charge in [-0.1, -0.05) is 30.9 Å². The van der Waals surface area contributed by atoms with Gasteiger partial charge in [-0.15, -0.1) is 0 Å². The van der Waals surface area contributed by atoms with E-state index < -0.39 is 10.0 Å². The van der Waals surface area contributed by atoms with E-state index in [2.05, 4.69) is 5.32 Å². The van der Waals surface area contributed by atoms with E-state index in [0.29, 0.717) is 18.0 Å². The first-order valence-corrected chi connectivity index (χ1v) is 8.82. The van der Waals surface area contributed by atoms with Crippen LogP contribution in [0.3, 0.4) is 0 Å². The molecule has 2 rings (SSSR count). The minimum atomic E-state index is -3.95. The van der Waals surface area contributed by atoms with Crippen molar-refractivity contribution in [2.75, 3.05) is 6.54 Å². The molecule has 1 aromatic rings. The Bertz CT molecular complexity index is 654. The van der Waals surface area contributed by atoms with Gasteiger partial charge in [0.15, 0.2) is 0 Å². The van der Waals surface area contributed by atoms with Gasteiger partial charge in [-0.05, 0) is 37.0 Å². The number of nitrogens with one attached hydrogen (secondary N) is 1. The maximum Gasteiger partial charge on any atom is 0.251 e. The van der Waals surface area contributed by atoms with Crippen LogP contribution < -0.4 is 10.5 Å². The summed E-state index contributed by atoms with van der Waals surface area (Å²) in [5.41, 5.74) is 0.766. The summed E-state index contributed by atoms with van der Waals surface area (Å²) in [5.74, 6) is 0.399. The Morgan fingerprint density at radius 3 is 2.62 bits per heavy atom. The highest BCUT2D eigenvalue weighted by Gasteiger charge is 2.20. The Kier molecular flexibility index (Phi) is 4.91. The minimum Gasteiger partial charge on any atom is -0.352 e. The lowest BCUT2D eigenvalue weighted by Gasteiger charge is -2.25. The van der Waals surface area contributed by atoms with Crippen LogP contribution in [0.1, 0.15) is 41.6 Å². The molecule has 0 aromatic heterocycles. The van der Waals surface area contributed by atoms with Gasteiger partial charge in [0.25, 0.3) is 5.91 Å². The molecule has 0 bridgehead atoms. The average molecular weight is 331 g/mol. The van der Waals surface area contributed by atoms with Gasteiger partial charge in [-0.2, -0.15) is 0 Å². The van der Waals surface area contributed by atoms with Crippen LogP contribution in [-0.2, 0) is 10.0 Å². The number of benzene rings is 1. The van der Waals surface area contributed by atoms with E-state index in [-0.39, 0.29) is 21.4 Å². The second-order valence-electron chi connectivity index (χ2n) is 5.49. The zero-order valence-corrected chi connectivity index (χ0v) is 13.4. The fraction of sp³-hybridized carbons (Fsp3) is 0.500. The van der Waals surface area contributed by atoms with E-state index in [9.17, 15) is 13.2 Å². The maximum absolute atomic E-state index is 12.1. The lowest BCUT2D eigenvalue weighted by atomic mass is 9.83. The number of sulfonamides is 1. The molecule has 1 aliphatic carbocycles. The maximum atomic E-state index is 12.1. The van der Waals surface area contributed by atoms with E-state index in [4.69, 9.17) is 16.7 Å². The molecular formula is C14H19ClN2O3S. The first-order valence-electron chi connectivity index (χ1n) is 6.90. The first kappa shape index (κ1) is 16.3. The Morgan fingerprint density at radius 2 is 2.10 bits per heavy atom. The van der Waals surface area contributed by atoms with Crippen molar-refractivity contribution in [1.82, 2.24) is 5.32 Å². The van der Waals surface area contributed by atoms with Crippen molar-refractivity contribution in [3.8, 4) is 0 Å². The monoisotopic (exact) mass is 330 g/mol. The van der Waals surface area contributed by atoms with Crippen molar-refractivity contribution in [3.63, 3.8) is 0 Å². The predicted molar refractivity (Wildman–Crippen MR) is 81.9 cm³/mol. The number of aryl methyl sites for hydroxylation is 1. The van der Waals surface area contributed by atoms with Gasteiger partial charge >= 0.3 is 0 Å². The number of nitrogens with two attached hydrogens (primary N) is 1. The number of primary sulfonamides is 1. The predicted octanol–water partition coefficient (Wildman–Crippen LogP) is 2.22. The van der Waals surface area contributed by atoms with Gasteiger partial charge in [-0.3, -0.25) is 4.79 Å². The van der Waals surface area contributed by atoms with Crippen LogP contribution >= 0.6 is 11.6 Å². The number of carbonyl (C=O) groups excluding carboxylic acids is 1. The molecule has 0 spiro atoms. The zero-order chi connectivity index (χ0) is 15.6. The highest BCUT2D eigenvalue weighted by atomic mass is 35.5. The summed E-state index contributed by atoms with van der Waals surface area (Å²) < 4.78 is 23.0. The first-order chi connectivity index (χ1) is 9.79. The molecule has 116 valence electrons. The number of hydrogen-bond donors (Lipinski definition) is 2. The Hall–Kier alpha value is -1.11. The lowest BCUT2D eigenvalue weighted by Crippen LogP contribution is -2.27. The lowest BCUT2D eigenvalue weighted by molar-refractivity contribution is 0.0948. The summed E-state index contributed by atoms with van der Waals surface area (Å²) in [5, 5.41) is 7.98. The van der Waals surface area contributed by atoms with E-state index in [1.54, 1.807) is 13.0 Å². The van der Waals surface area contributed by atoms with E-state index in [1.807, 2.05) is 0 Å². The quantitative estimate of drug-likeness (QED) is 0.867. The molecular weight excluding hydrogens is 312 g/mol. The number of amides is 1. The van der Waals surface area contributed by atoms with Crippen LogP contribution in [0.2, 0.25) is 5.02 Å². The van der Waals surface area contributed by atoms with Crippen molar-refractivity contribution in [2.45, 2.75) is 37.5 Å². The van der Waals surface area contributed by atoms with Gasteiger partial charge in [0.05, 0.1) is 5.02 Å². The minimum absolute atomic E-state index is 0.0588. The molecule has 5 nitrogen and oxygen atoms in total. The van der Waals surface area contributed by atoms with Crippen LogP contribution in [0.5, 0.6) is 0 Å². The van der Waals surface area contributed by atoms with Gasteiger partial charge in [0, 0.05) is 12.1 Å². The number of halogens is 1. The smallest absolute Gasteiger partial charge is 0.251 e. The molecule has 0 saturated heterocycles.